The van der Waals surface area contributed by atoms with Gasteiger partial charge in [-0.05, 0) is 26.0 Å². The van der Waals surface area contributed by atoms with E-state index < -0.39 is 0 Å². The highest BCUT2D eigenvalue weighted by atomic mass is 16.5. The third-order valence-electron chi connectivity index (χ3n) is 3.57. The van der Waals surface area contributed by atoms with Gasteiger partial charge in [-0.15, -0.1) is 0 Å². The van der Waals surface area contributed by atoms with Crippen molar-refractivity contribution in [1.29, 1.82) is 5.41 Å². The van der Waals surface area contributed by atoms with Crippen LogP contribution in [0, 0.1) is 5.41 Å². The number of hydrogen-bond acceptors (Lipinski definition) is 4. The number of likely N-dealkylation sites (N-methyl/N-ethyl adjacent to an activating group) is 1. The molecule has 5 heteroatoms. The van der Waals surface area contributed by atoms with Gasteiger partial charge in [-0.2, -0.15) is 0 Å². The molecule has 0 saturated heterocycles. The number of anilines is 1. The Balaban J connectivity index is 2.55. The Morgan fingerprint density at radius 1 is 1.43 bits per heavy atom. The fourth-order valence-corrected chi connectivity index (χ4v) is 2.56. The van der Waals surface area contributed by atoms with Crippen molar-refractivity contribution in [3.63, 3.8) is 0 Å². The number of amidine groups is 1. The maximum atomic E-state index is 7.81. The number of para-hydroxylation sites is 1. The number of nitrogens with two attached hydrogens (primary N) is 1. The Morgan fingerprint density at radius 3 is 2.76 bits per heavy atom. The van der Waals surface area contributed by atoms with Crippen LogP contribution in [0.4, 0.5) is 5.82 Å². The van der Waals surface area contributed by atoms with E-state index in [9.17, 15) is 0 Å². The molecule has 0 aliphatic heterocycles. The first-order valence-corrected chi connectivity index (χ1v) is 7.08. The number of nitrogen functional groups attached to an aromatic ring is 1. The zero-order valence-electron chi connectivity index (χ0n) is 12.8. The first kappa shape index (κ1) is 15.3. The lowest BCUT2D eigenvalue weighted by Gasteiger charge is -2.29. The lowest BCUT2D eigenvalue weighted by atomic mass is 10.1. The molecule has 0 bridgehead atoms. The largest absolute Gasteiger partial charge is 0.384 e. The minimum absolute atomic E-state index is 0.0605. The van der Waals surface area contributed by atoms with E-state index in [1.165, 1.54) is 0 Å². The SMILES string of the molecule is CCN(c1cc(C(=N)N)c2ccccc2n1)C(C)COC. The number of fused-ring (bicyclic) bond motifs is 1. The molecule has 2 aromatic rings. The molecule has 112 valence electrons. The molecule has 2 rings (SSSR count). The van der Waals surface area contributed by atoms with E-state index in [1.807, 2.05) is 30.3 Å². The quantitative estimate of drug-likeness (QED) is 0.631. The van der Waals surface area contributed by atoms with Crippen molar-refractivity contribution >= 4 is 22.6 Å². The second kappa shape index (κ2) is 6.54. The summed E-state index contributed by atoms with van der Waals surface area (Å²) in [5, 5.41) is 8.71. The van der Waals surface area contributed by atoms with Crippen molar-refractivity contribution < 1.29 is 4.74 Å². The number of nitrogens with one attached hydrogen (secondary N) is 1. The third-order valence-corrected chi connectivity index (χ3v) is 3.57. The van der Waals surface area contributed by atoms with Crippen LogP contribution in [0.25, 0.3) is 10.9 Å². The average Bonchev–Trinajstić information content (AvgIpc) is 2.47. The Labute approximate surface area is 125 Å². The molecule has 5 nitrogen and oxygen atoms in total. The number of benzene rings is 1. The van der Waals surface area contributed by atoms with Gasteiger partial charge in [0, 0.05) is 24.6 Å². The van der Waals surface area contributed by atoms with Gasteiger partial charge < -0.3 is 15.4 Å². The summed E-state index contributed by atoms with van der Waals surface area (Å²) in [5.41, 5.74) is 7.31. The van der Waals surface area contributed by atoms with Crippen LogP contribution in [0.3, 0.4) is 0 Å². The molecule has 1 unspecified atom stereocenters. The molecule has 0 aliphatic rings. The highest BCUT2D eigenvalue weighted by molar-refractivity contribution is 6.07. The zero-order valence-corrected chi connectivity index (χ0v) is 12.8. The van der Waals surface area contributed by atoms with Crippen LogP contribution >= 0.6 is 0 Å². The fraction of sp³-hybridized carbons (Fsp3) is 0.375. The Bertz CT molecular complexity index is 641. The smallest absolute Gasteiger partial charge is 0.130 e. The number of aromatic nitrogens is 1. The summed E-state index contributed by atoms with van der Waals surface area (Å²) in [6.45, 7) is 5.61. The van der Waals surface area contributed by atoms with Crippen LogP contribution in [0.1, 0.15) is 19.4 Å². The van der Waals surface area contributed by atoms with Gasteiger partial charge in [-0.25, -0.2) is 4.98 Å². The molecule has 1 atom stereocenters. The normalized spacial score (nSPS) is 12.3. The van der Waals surface area contributed by atoms with Gasteiger partial charge >= 0.3 is 0 Å². The second-order valence-electron chi connectivity index (χ2n) is 5.05. The molecule has 3 N–H and O–H groups in total. The van der Waals surface area contributed by atoms with Crippen molar-refractivity contribution in [1.82, 2.24) is 4.98 Å². The van der Waals surface area contributed by atoms with Gasteiger partial charge in [0.15, 0.2) is 0 Å². The number of nitrogens with zero attached hydrogens (tertiary/aromatic N) is 2. The fourth-order valence-electron chi connectivity index (χ4n) is 2.56. The predicted molar refractivity (Wildman–Crippen MR) is 87.1 cm³/mol. The number of ether oxygens (including phenoxy) is 1. The van der Waals surface area contributed by atoms with Crippen LogP contribution in [-0.2, 0) is 4.74 Å². The zero-order chi connectivity index (χ0) is 15.4. The molecule has 0 aliphatic carbocycles. The van der Waals surface area contributed by atoms with E-state index in [0.717, 1.165) is 28.8 Å². The van der Waals surface area contributed by atoms with Crippen molar-refractivity contribution in [2.75, 3.05) is 25.2 Å². The van der Waals surface area contributed by atoms with Gasteiger partial charge in [-0.1, -0.05) is 18.2 Å². The number of rotatable bonds is 6. The van der Waals surface area contributed by atoms with Gasteiger partial charge in [0.1, 0.15) is 11.7 Å². The molecule has 21 heavy (non-hydrogen) atoms. The molecular weight excluding hydrogens is 264 g/mol. The predicted octanol–water partition coefficient (Wildman–Crippen LogP) is 2.38. The van der Waals surface area contributed by atoms with Gasteiger partial charge in [-0.3, -0.25) is 5.41 Å². The first-order valence-electron chi connectivity index (χ1n) is 7.08. The highest BCUT2D eigenvalue weighted by Gasteiger charge is 2.16. The lowest BCUT2D eigenvalue weighted by molar-refractivity contribution is 0.181. The number of pyridine rings is 1. The molecule has 0 saturated carbocycles. The summed E-state index contributed by atoms with van der Waals surface area (Å²) in [7, 11) is 1.69. The minimum Gasteiger partial charge on any atom is -0.384 e. The molecule has 0 spiro atoms. The van der Waals surface area contributed by atoms with Gasteiger partial charge in [0.05, 0.1) is 18.2 Å². The highest BCUT2D eigenvalue weighted by Crippen LogP contribution is 2.24. The maximum Gasteiger partial charge on any atom is 0.130 e. The molecule has 0 fully saturated rings. The van der Waals surface area contributed by atoms with Crippen LogP contribution in [0.15, 0.2) is 30.3 Å². The van der Waals surface area contributed by atoms with E-state index in [0.29, 0.717) is 6.61 Å². The van der Waals surface area contributed by atoms with E-state index in [-0.39, 0.29) is 11.9 Å². The van der Waals surface area contributed by atoms with Crippen molar-refractivity contribution in [2.24, 2.45) is 5.73 Å². The lowest BCUT2D eigenvalue weighted by Crippen LogP contribution is -2.37. The molecule has 1 heterocycles. The van der Waals surface area contributed by atoms with Crippen LogP contribution in [0.5, 0.6) is 0 Å². The number of hydrogen-bond donors (Lipinski definition) is 2. The van der Waals surface area contributed by atoms with Crippen LogP contribution in [0.2, 0.25) is 0 Å². The molecule has 1 aromatic carbocycles. The first-order chi connectivity index (χ1) is 10.1. The second-order valence-corrected chi connectivity index (χ2v) is 5.05. The van der Waals surface area contributed by atoms with Gasteiger partial charge in [0.25, 0.3) is 0 Å². The molecular formula is C16H22N4O. The summed E-state index contributed by atoms with van der Waals surface area (Å²) in [4.78, 5) is 6.87. The van der Waals surface area contributed by atoms with Crippen molar-refractivity contribution in [2.45, 2.75) is 19.9 Å². The summed E-state index contributed by atoms with van der Waals surface area (Å²) in [5.74, 6) is 0.885. The summed E-state index contributed by atoms with van der Waals surface area (Å²) in [6.07, 6.45) is 0. The van der Waals surface area contributed by atoms with Crippen LogP contribution in [-0.4, -0.2) is 37.1 Å². The van der Waals surface area contributed by atoms with E-state index in [2.05, 4.69) is 18.7 Å². The van der Waals surface area contributed by atoms with Crippen molar-refractivity contribution in [3.8, 4) is 0 Å². The minimum atomic E-state index is 0.0605. The van der Waals surface area contributed by atoms with Crippen LogP contribution < -0.4 is 10.6 Å². The molecule has 0 amide bonds. The summed E-state index contributed by atoms with van der Waals surface area (Å²) >= 11 is 0. The monoisotopic (exact) mass is 286 g/mol. The summed E-state index contributed by atoms with van der Waals surface area (Å²) < 4.78 is 5.24. The molecule has 1 aromatic heterocycles. The number of methoxy groups -OCH3 is 1. The standard InChI is InChI=1S/C16H22N4O/c1-4-20(11(2)10-21-3)15-9-13(16(17)18)12-7-5-6-8-14(12)19-15/h5-9,11H,4,10H2,1-3H3,(H3,17,18). The topological polar surface area (TPSA) is 75.2 Å². The van der Waals surface area contributed by atoms with E-state index >= 15 is 0 Å². The van der Waals surface area contributed by atoms with E-state index in [4.69, 9.17) is 20.9 Å². The van der Waals surface area contributed by atoms with Gasteiger partial charge in [0.2, 0.25) is 0 Å². The van der Waals surface area contributed by atoms with E-state index in [1.54, 1.807) is 7.11 Å². The maximum absolute atomic E-state index is 7.81. The Hall–Kier alpha value is -2.14. The van der Waals surface area contributed by atoms with Crippen molar-refractivity contribution in [3.05, 3.63) is 35.9 Å². The third kappa shape index (κ3) is 3.13. The average molecular weight is 286 g/mol. The Morgan fingerprint density at radius 2 is 2.14 bits per heavy atom. The Kier molecular flexibility index (Phi) is 4.75. The molecule has 0 radical (unpaired) electrons. The summed E-state index contributed by atoms with van der Waals surface area (Å²) in [6, 6.07) is 9.85.